The standard InChI is InChI=1S/C12H18N2O2S/c1-8(15)10-7-17-12(13-10)14-11(16)9-5-3-2-4-6-9/h7-9,15H,2-6H2,1H3,(H,13,14,16). The average molecular weight is 254 g/mol. The van der Waals surface area contributed by atoms with Crippen LogP contribution >= 0.6 is 11.3 Å². The highest BCUT2D eigenvalue weighted by Gasteiger charge is 2.21. The first-order valence-corrected chi connectivity index (χ1v) is 6.99. The van der Waals surface area contributed by atoms with Gasteiger partial charge in [0.15, 0.2) is 5.13 Å². The highest BCUT2D eigenvalue weighted by Crippen LogP contribution is 2.26. The monoisotopic (exact) mass is 254 g/mol. The summed E-state index contributed by atoms with van der Waals surface area (Å²) in [6, 6.07) is 0. The Hall–Kier alpha value is -0.940. The van der Waals surface area contributed by atoms with Crippen LogP contribution in [0, 0.1) is 5.92 Å². The Balaban J connectivity index is 1.92. The van der Waals surface area contributed by atoms with Gasteiger partial charge in [-0.3, -0.25) is 4.79 Å². The molecule has 0 radical (unpaired) electrons. The van der Waals surface area contributed by atoms with Crippen LogP contribution in [0.2, 0.25) is 0 Å². The molecule has 0 bridgehead atoms. The van der Waals surface area contributed by atoms with Crippen molar-refractivity contribution in [1.82, 2.24) is 4.98 Å². The normalized spacial score (nSPS) is 18.9. The minimum atomic E-state index is -0.577. The lowest BCUT2D eigenvalue weighted by molar-refractivity contribution is -0.120. The summed E-state index contributed by atoms with van der Waals surface area (Å²) in [5, 5.41) is 14.6. The van der Waals surface area contributed by atoms with Crippen molar-refractivity contribution in [1.29, 1.82) is 0 Å². The van der Waals surface area contributed by atoms with Crippen LogP contribution in [0.4, 0.5) is 5.13 Å². The lowest BCUT2D eigenvalue weighted by Gasteiger charge is -2.19. The fraction of sp³-hybridized carbons (Fsp3) is 0.667. The molecule has 4 nitrogen and oxygen atoms in total. The van der Waals surface area contributed by atoms with E-state index in [1.165, 1.54) is 17.8 Å². The maximum atomic E-state index is 11.9. The first kappa shape index (κ1) is 12.5. The Bertz CT molecular complexity index is 384. The number of anilines is 1. The second-order valence-corrected chi connectivity index (χ2v) is 5.44. The Morgan fingerprint density at radius 2 is 2.24 bits per heavy atom. The number of hydrogen-bond acceptors (Lipinski definition) is 4. The van der Waals surface area contributed by atoms with E-state index in [-0.39, 0.29) is 11.8 Å². The van der Waals surface area contributed by atoms with Gasteiger partial charge in [0.25, 0.3) is 0 Å². The van der Waals surface area contributed by atoms with E-state index >= 15 is 0 Å². The second-order valence-electron chi connectivity index (χ2n) is 4.58. The van der Waals surface area contributed by atoms with Crippen molar-refractivity contribution >= 4 is 22.4 Å². The van der Waals surface area contributed by atoms with E-state index in [0.29, 0.717) is 10.8 Å². The highest BCUT2D eigenvalue weighted by atomic mass is 32.1. The summed E-state index contributed by atoms with van der Waals surface area (Å²) < 4.78 is 0. The van der Waals surface area contributed by atoms with Gasteiger partial charge in [0, 0.05) is 11.3 Å². The Morgan fingerprint density at radius 1 is 1.53 bits per heavy atom. The molecule has 2 rings (SSSR count). The van der Waals surface area contributed by atoms with Crippen LogP contribution in [0.3, 0.4) is 0 Å². The summed E-state index contributed by atoms with van der Waals surface area (Å²) in [7, 11) is 0. The second kappa shape index (κ2) is 5.60. The van der Waals surface area contributed by atoms with Crippen LogP contribution in [0.25, 0.3) is 0 Å². The molecule has 0 saturated heterocycles. The number of aliphatic hydroxyl groups excluding tert-OH is 1. The summed E-state index contributed by atoms with van der Waals surface area (Å²) in [6.45, 7) is 1.67. The molecule has 0 spiro atoms. The number of carbonyl (C=O) groups is 1. The Morgan fingerprint density at radius 3 is 2.82 bits per heavy atom. The third-order valence-corrected chi connectivity index (χ3v) is 3.93. The van der Waals surface area contributed by atoms with E-state index in [9.17, 15) is 9.90 Å². The summed E-state index contributed by atoms with van der Waals surface area (Å²) in [5.74, 6) is 0.221. The SMILES string of the molecule is CC(O)c1csc(NC(=O)C2CCCCC2)n1. The molecule has 1 heterocycles. The predicted molar refractivity (Wildman–Crippen MR) is 68.0 cm³/mol. The molecule has 1 saturated carbocycles. The van der Waals surface area contributed by atoms with Gasteiger partial charge in [-0.2, -0.15) is 0 Å². The van der Waals surface area contributed by atoms with E-state index in [0.717, 1.165) is 25.7 Å². The van der Waals surface area contributed by atoms with Gasteiger partial charge >= 0.3 is 0 Å². The zero-order valence-corrected chi connectivity index (χ0v) is 10.8. The van der Waals surface area contributed by atoms with Gasteiger partial charge in [-0.05, 0) is 19.8 Å². The molecule has 1 aromatic rings. The molecule has 17 heavy (non-hydrogen) atoms. The molecule has 1 aliphatic carbocycles. The zero-order valence-electron chi connectivity index (χ0n) is 9.98. The van der Waals surface area contributed by atoms with Gasteiger partial charge in [0.1, 0.15) is 0 Å². The van der Waals surface area contributed by atoms with E-state index in [1.807, 2.05) is 0 Å². The van der Waals surface area contributed by atoms with Crippen molar-refractivity contribution in [2.75, 3.05) is 5.32 Å². The molecule has 1 fully saturated rings. The maximum Gasteiger partial charge on any atom is 0.229 e. The van der Waals surface area contributed by atoms with Crippen molar-refractivity contribution in [2.24, 2.45) is 5.92 Å². The van der Waals surface area contributed by atoms with Crippen molar-refractivity contribution in [3.05, 3.63) is 11.1 Å². The number of aliphatic hydroxyl groups is 1. The molecule has 0 aromatic carbocycles. The zero-order chi connectivity index (χ0) is 12.3. The summed E-state index contributed by atoms with van der Waals surface area (Å²) in [5.41, 5.74) is 0.619. The fourth-order valence-electron chi connectivity index (χ4n) is 2.11. The number of nitrogens with zero attached hydrogens (tertiary/aromatic N) is 1. The molecule has 1 amide bonds. The van der Waals surface area contributed by atoms with E-state index < -0.39 is 6.10 Å². The van der Waals surface area contributed by atoms with Gasteiger partial charge in [-0.15, -0.1) is 11.3 Å². The number of amides is 1. The number of hydrogen-bond donors (Lipinski definition) is 2. The highest BCUT2D eigenvalue weighted by molar-refractivity contribution is 7.13. The van der Waals surface area contributed by atoms with Crippen LogP contribution in [0.15, 0.2) is 5.38 Å². The smallest absolute Gasteiger partial charge is 0.229 e. The minimum absolute atomic E-state index is 0.0798. The molecule has 1 atom stereocenters. The molecule has 2 N–H and O–H groups in total. The summed E-state index contributed by atoms with van der Waals surface area (Å²) >= 11 is 1.37. The average Bonchev–Trinajstić information content (AvgIpc) is 2.79. The van der Waals surface area contributed by atoms with E-state index in [4.69, 9.17) is 0 Å². The first-order chi connectivity index (χ1) is 8.16. The molecule has 1 unspecified atom stereocenters. The number of rotatable bonds is 3. The number of aromatic nitrogens is 1. The predicted octanol–water partition coefficient (Wildman–Crippen LogP) is 2.72. The van der Waals surface area contributed by atoms with Crippen molar-refractivity contribution in [3.63, 3.8) is 0 Å². The molecular weight excluding hydrogens is 236 g/mol. The lowest BCUT2D eigenvalue weighted by atomic mass is 9.89. The number of nitrogens with one attached hydrogen (secondary N) is 1. The quantitative estimate of drug-likeness (QED) is 0.871. The molecule has 0 aliphatic heterocycles. The maximum absolute atomic E-state index is 11.9. The van der Waals surface area contributed by atoms with E-state index in [2.05, 4.69) is 10.3 Å². The van der Waals surface area contributed by atoms with Crippen LogP contribution in [0.1, 0.15) is 50.8 Å². The fourth-order valence-corrected chi connectivity index (χ4v) is 2.91. The summed E-state index contributed by atoms with van der Waals surface area (Å²) in [4.78, 5) is 16.1. The van der Waals surface area contributed by atoms with Crippen molar-refractivity contribution < 1.29 is 9.90 Å². The number of carbonyl (C=O) groups excluding carboxylic acids is 1. The van der Waals surface area contributed by atoms with Gasteiger partial charge in [-0.1, -0.05) is 19.3 Å². The first-order valence-electron chi connectivity index (χ1n) is 6.11. The van der Waals surface area contributed by atoms with E-state index in [1.54, 1.807) is 12.3 Å². The van der Waals surface area contributed by atoms with Gasteiger partial charge in [0.2, 0.25) is 5.91 Å². The van der Waals surface area contributed by atoms with Crippen molar-refractivity contribution in [2.45, 2.75) is 45.1 Å². The van der Waals surface area contributed by atoms with Gasteiger partial charge in [0.05, 0.1) is 11.8 Å². The molecule has 5 heteroatoms. The molecule has 1 aromatic heterocycles. The van der Waals surface area contributed by atoms with Gasteiger partial charge < -0.3 is 10.4 Å². The largest absolute Gasteiger partial charge is 0.387 e. The number of thiazole rings is 1. The Kier molecular flexibility index (Phi) is 4.12. The molecule has 1 aliphatic rings. The molecular formula is C12H18N2O2S. The Labute approximate surface area is 105 Å². The molecule has 94 valence electrons. The third-order valence-electron chi connectivity index (χ3n) is 3.16. The van der Waals surface area contributed by atoms with Crippen LogP contribution in [0.5, 0.6) is 0 Å². The summed E-state index contributed by atoms with van der Waals surface area (Å²) in [6.07, 6.45) is 4.93. The topological polar surface area (TPSA) is 62.2 Å². The van der Waals surface area contributed by atoms with Gasteiger partial charge in [-0.25, -0.2) is 4.98 Å². The minimum Gasteiger partial charge on any atom is -0.387 e. The van der Waals surface area contributed by atoms with Crippen LogP contribution in [-0.2, 0) is 4.79 Å². The third kappa shape index (κ3) is 3.26. The van der Waals surface area contributed by atoms with Crippen LogP contribution in [-0.4, -0.2) is 16.0 Å². The van der Waals surface area contributed by atoms with Crippen molar-refractivity contribution in [3.8, 4) is 0 Å². The van der Waals surface area contributed by atoms with Crippen LogP contribution < -0.4 is 5.32 Å². The lowest BCUT2D eigenvalue weighted by Crippen LogP contribution is -2.24.